The monoisotopic (exact) mass is 307 g/mol. The Labute approximate surface area is 122 Å². The van der Waals surface area contributed by atoms with E-state index in [2.05, 4.69) is 0 Å². The van der Waals surface area contributed by atoms with Gasteiger partial charge in [-0.3, -0.25) is 9.59 Å². The minimum absolute atomic E-state index is 0.0357. The van der Waals surface area contributed by atoms with Gasteiger partial charge in [-0.25, -0.2) is 8.78 Å². The average Bonchev–Trinajstić information content (AvgIpc) is 2.37. The van der Waals surface area contributed by atoms with Gasteiger partial charge in [0.25, 0.3) is 6.43 Å². The molecule has 1 rings (SSSR count). The lowest BCUT2D eigenvalue weighted by Crippen LogP contribution is -2.41. The maximum Gasteiger partial charge on any atom is 0.303 e. The first-order valence-electron chi connectivity index (χ1n) is 7.27. The van der Waals surface area contributed by atoms with Crippen LogP contribution in [0.5, 0.6) is 0 Å². The molecule has 0 heterocycles. The highest BCUT2D eigenvalue weighted by molar-refractivity contribution is 5.78. The van der Waals surface area contributed by atoms with Crippen molar-refractivity contribution in [1.29, 1.82) is 0 Å². The molecular formula is C14H23F2NO4. The molecule has 122 valence electrons. The molecule has 1 aliphatic carbocycles. The van der Waals surface area contributed by atoms with Crippen molar-refractivity contribution in [2.24, 2.45) is 5.41 Å². The molecule has 0 saturated heterocycles. The maximum atomic E-state index is 12.5. The molecule has 2 N–H and O–H groups in total. The number of alkyl halides is 2. The number of hydrogen-bond donors (Lipinski definition) is 2. The third-order valence-electron chi connectivity index (χ3n) is 4.05. The second-order valence-corrected chi connectivity index (χ2v) is 5.76. The van der Waals surface area contributed by atoms with E-state index in [4.69, 9.17) is 10.2 Å². The fraction of sp³-hybridized carbons (Fsp3) is 0.857. The Morgan fingerprint density at radius 3 is 2.24 bits per heavy atom. The van der Waals surface area contributed by atoms with Crippen LogP contribution in [-0.4, -0.2) is 53.1 Å². The van der Waals surface area contributed by atoms with Crippen molar-refractivity contribution >= 4 is 11.9 Å². The SMILES string of the molecule is O=C(O)CC1(CC(=O)N(CCO)CC(F)F)CCCCC1. The molecule has 5 nitrogen and oxygen atoms in total. The fourth-order valence-electron chi connectivity index (χ4n) is 3.08. The minimum Gasteiger partial charge on any atom is -0.481 e. The molecule has 21 heavy (non-hydrogen) atoms. The number of amides is 1. The summed E-state index contributed by atoms with van der Waals surface area (Å²) in [6.45, 7) is -1.25. The largest absolute Gasteiger partial charge is 0.481 e. The summed E-state index contributed by atoms with van der Waals surface area (Å²) in [7, 11) is 0. The van der Waals surface area contributed by atoms with E-state index in [-0.39, 0.29) is 26.0 Å². The molecule has 0 radical (unpaired) electrons. The van der Waals surface area contributed by atoms with Crippen LogP contribution in [0.15, 0.2) is 0 Å². The molecule has 0 atom stereocenters. The number of carbonyl (C=O) groups is 2. The van der Waals surface area contributed by atoms with Gasteiger partial charge in [-0.05, 0) is 18.3 Å². The van der Waals surface area contributed by atoms with Gasteiger partial charge in [-0.15, -0.1) is 0 Å². The maximum absolute atomic E-state index is 12.5. The van der Waals surface area contributed by atoms with Crippen LogP contribution >= 0.6 is 0 Å². The van der Waals surface area contributed by atoms with Crippen molar-refractivity contribution in [3.8, 4) is 0 Å². The normalized spacial score (nSPS) is 17.7. The van der Waals surface area contributed by atoms with E-state index < -0.39 is 30.3 Å². The molecule has 0 aromatic carbocycles. The number of halogens is 2. The first kappa shape index (κ1) is 17.8. The van der Waals surface area contributed by atoms with E-state index in [1.165, 1.54) is 0 Å². The minimum atomic E-state index is -2.66. The van der Waals surface area contributed by atoms with Gasteiger partial charge in [0.2, 0.25) is 5.91 Å². The van der Waals surface area contributed by atoms with Crippen LogP contribution in [0.4, 0.5) is 8.78 Å². The van der Waals surface area contributed by atoms with E-state index in [0.29, 0.717) is 12.8 Å². The molecule has 0 spiro atoms. The molecule has 0 aliphatic heterocycles. The van der Waals surface area contributed by atoms with Crippen LogP contribution in [0.2, 0.25) is 0 Å². The second-order valence-electron chi connectivity index (χ2n) is 5.76. The third kappa shape index (κ3) is 5.95. The lowest BCUT2D eigenvalue weighted by atomic mass is 9.69. The predicted molar refractivity (Wildman–Crippen MR) is 72.1 cm³/mol. The standard InChI is InChI=1S/C14H23F2NO4/c15-11(16)10-17(6-7-18)12(19)8-14(9-13(20)21)4-2-1-3-5-14/h11,18H,1-10H2,(H,20,21). The molecule has 1 fully saturated rings. The summed E-state index contributed by atoms with van der Waals surface area (Å²) in [5.41, 5.74) is -0.628. The predicted octanol–water partition coefficient (Wildman–Crippen LogP) is 1.89. The fourth-order valence-corrected chi connectivity index (χ4v) is 3.08. The van der Waals surface area contributed by atoms with Gasteiger partial charge in [0.05, 0.1) is 19.6 Å². The van der Waals surface area contributed by atoms with E-state index in [9.17, 15) is 18.4 Å². The van der Waals surface area contributed by atoms with Gasteiger partial charge >= 0.3 is 5.97 Å². The lowest BCUT2D eigenvalue weighted by Gasteiger charge is -2.37. The van der Waals surface area contributed by atoms with E-state index in [0.717, 1.165) is 24.2 Å². The molecule has 1 saturated carbocycles. The number of aliphatic carboxylic acids is 1. The molecule has 0 unspecified atom stereocenters. The van der Waals surface area contributed by atoms with E-state index >= 15 is 0 Å². The number of carboxylic acid groups (broad SMARTS) is 1. The van der Waals surface area contributed by atoms with Gasteiger partial charge < -0.3 is 15.1 Å². The number of nitrogens with zero attached hydrogens (tertiary/aromatic N) is 1. The van der Waals surface area contributed by atoms with Crippen LogP contribution in [0.3, 0.4) is 0 Å². The van der Waals surface area contributed by atoms with Crippen LogP contribution in [0.1, 0.15) is 44.9 Å². The van der Waals surface area contributed by atoms with Crippen LogP contribution < -0.4 is 0 Å². The zero-order valence-corrected chi connectivity index (χ0v) is 12.1. The quantitative estimate of drug-likeness (QED) is 0.718. The molecule has 0 bridgehead atoms. The van der Waals surface area contributed by atoms with Gasteiger partial charge in [0, 0.05) is 13.0 Å². The smallest absolute Gasteiger partial charge is 0.303 e. The van der Waals surface area contributed by atoms with Gasteiger partial charge in [-0.2, -0.15) is 0 Å². The van der Waals surface area contributed by atoms with Crippen LogP contribution in [-0.2, 0) is 9.59 Å². The highest BCUT2D eigenvalue weighted by Crippen LogP contribution is 2.42. The van der Waals surface area contributed by atoms with Gasteiger partial charge in [0.1, 0.15) is 0 Å². The highest BCUT2D eigenvalue weighted by Gasteiger charge is 2.37. The van der Waals surface area contributed by atoms with Gasteiger partial charge in [0.15, 0.2) is 0 Å². The molecule has 7 heteroatoms. The third-order valence-corrected chi connectivity index (χ3v) is 4.05. The Morgan fingerprint density at radius 1 is 1.14 bits per heavy atom. The number of hydrogen-bond acceptors (Lipinski definition) is 3. The first-order valence-corrected chi connectivity index (χ1v) is 7.27. The molecule has 0 aromatic heterocycles. The van der Waals surface area contributed by atoms with Crippen LogP contribution in [0.25, 0.3) is 0 Å². The Bertz CT molecular complexity index is 357. The van der Waals surface area contributed by atoms with E-state index in [1.54, 1.807) is 0 Å². The zero-order valence-electron chi connectivity index (χ0n) is 12.1. The topological polar surface area (TPSA) is 77.8 Å². The van der Waals surface area contributed by atoms with Crippen molar-refractivity contribution in [3.63, 3.8) is 0 Å². The Kier molecular flexibility index (Phi) is 7.01. The van der Waals surface area contributed by atoms with Crippen LogP contribution in [0, 0.1) is 5.41 Å². The summed E-state index contributed by atoms with van der Waals surface area (Å²) in [4.78, 5) is 24.2. The van der Waals surface area contributed by atoms with Crippen molar-refractivity contribution in [2.75, 3.05) is 19.7 Å². The Morgan fingerprint density at radius 2 is 1.76 bits per heavy atom. The molecular weight excluding hydrogens is 284 g/mol. The summed E-state index contributed by atoms with van der Waals surface area (Å²) >= 11 is 0. The second kappa shape index (κ2) is 8.26. The van der Waals surface area contributed by atoms with Crippen molar-refractivity contribution < 1.29 is 28.6 Å². The summed E-state index contributed by atoms with van der Waals surface area (Å²) < 4.78 is 25.0. The molecule has 0 aromatic rings. The number of aliphatic hydroxyl groups excluding tert-OH is 1. The number of carboxylic acids is 1. The van der Waals surface area contributed by atoms with Gasteiger partial charge in [-0.1, -0.05) is 19.3 Å². The molecule has 1 aliphatic rings. The number of aliphatic hydroxyl groups is 1. The number of rotatable bonds is 8. The van der Waals surface area contributed by atoms with Crippen molar-refractivity contribution in [3.05, 3.63) is 0 Å². The number of carbonyl (C=O) groups excluding carboxylic acids is 1. The van der Waals surface area contributed by atoms with Crippen molar-refractivity contribution in [1.82, 2.24) is 4.90 Å². The lowest BCUT2D eigenvalue weighted by molar-refractivity contribution is -0.143. The summed E-state index contributed by atoms with van der Waals surface area (Å²) in [6.07, 6.45) is 1.17. The zero-order chi connectivity index (χ0) is 15.9. The average molecular weight is 307 g/mol. The summed E-state index contributed by atoms with van der Waals surface area (Å²) in [5.74, 6) is -1.46. The molecule has 1 amide bonds. The van der Waals surface area contributed by atoms with Crippen molar-refractivity contribution in [2.45, 2.75) is 51.4 Å². The van der Waals surface area contributed by atoms with E-state index in [1.807, 2.05) is 0 Å². The highest BCUT2D eigenvalue weighted by atomic mass is 19.3. The first-order chi connectivity index (χ1) is 9.88. The summed E-state index contributed by atoms with van der Waals surface area (Å²) in [6, 6.07) is 0. The summed E-state index contributed by atoms with van der Waals surface area (Å²) in [5, 5.41) is 17.9. The Hall–Kier alpha value is -1.24. The Balaban J connectivity index is 2.75.